The zero-order valence-electron chi connectivity index (χ0n) is 34.0. The van der Waals surface area contributed by atoms with Gasteiger partial charge in [-0.1, -0.05) is 170 Å². The minimum absolute atomic E-state index is 0.654. The Balaban J connectivity index is 1.03. The van der Waals surface area contributed by atoms with Crippen LogP contribution in [0.5, 0.6) is 0 Å². The summed E-state index contributed by atoms with van der Waals surface area (Å²) in [5, 5.41) is 7.14. The second-order valence-corrected chi connectivity index (χ2v) is 17.2. The van der Waals surface area contributed by atoms with Crippen LogP contribution in [0.4, 0.5) is 0 Å². The van der Waals surface area contributed by atoms with E-state index in [0.29, 0.717) is 5.95 Å². The molecule has 0 bridgehead atoms. The molecule has 0 radical (unpaired) electrons. The van der Waals surface area contributed by atoms with Crippen LogP contribution in [0, 0.1) is 0 Å². The molecule has 0 saturated heterocycles. The van der Waals surface area contributed by atoms with E-state index in [2.05, 4.69) is 228 Å². The number of aromatic nitrogens is 4. The Morgan fingerprint density at radius 1 is 0.349 bits per heavy atom. The molecule has 5 heteroatoms. The average molecular weight is 821 g/mol. The molecule has 4 nitrogen and oxygen atoms in total. The molecule has 13 aromatic rings. The van der Waals surface area contributed by atoms with E-state index in [-0.39, 0.29) is 0 Å². The molecule has 63 heavy (non-hydrogen) atoms. The van der Waals surface area contributed by atoms with Gasteiger partial charge in [-0.3, -0.25) is 4.57 Å². The first kappa shape index (κ1) is 35.6. The Kier molecular flexibility index (Phi) is 8.05. The van der Waals surface area contributed by atoms with Crippen molar-refractivity contribution in [2.24, 2.45) is 0 Å². The van der Waals surface area contributed by atoms with E-state index in [4.69, 9.17) is 9.97 Å². The molecule has 0 N–H and O–H groups in total. The van der Waals surface area contributed by atoms with Crippen LogP contribution < -0.4 is 0 Å². The fourth-order valence-electron chi connectivity index (χ4n) is 9.58. The van der Waals surface area contributed by atoms with Crippen molar-refractivity contribution < 1.29 is 0 Å². The van der Waals surface area contributed by atoms with Crippen LogP contribution in [0.3, 0.4) is 0 Å². The van der Waals surface area contributed by atoms with Crippen molar-refractivity contribution in [1.29, 1.82) is 0 Å². The SMILES string of the molecule is c1ccc(-c2ccc(-c3nc(-n4c5ccc(-c6ccc7c(c6)c6ccccc6n7-c6ccccc6)cc5c5ccc6ccccc6c54)nc4cc(-c5ccccc5)sc34)cc2)cc1. The van der Waals surface area contributed by atoms with Crippen LogP contribution in [-0.4, -0.2) is 19.1 Å². The van der Waals surface area contributed by atoms with Crippen molar-refractivity contribution in [3.05, 3.63) is 218 Å². The summed E-state index contributed by atoms with van der Waals surface area (Å²) in [6.07, 6.45) is 0. The van der Waals surface area contributed by atoms with Gasteiger partial charge < -0.3 is 4.57 Å². The lowest BCUT2D eigenvalue weighted by Crippen LogP contribution is -2.03. The summed E-state index contributed by atoms with van der Waals surface area (Å²) in [5.74, 6) is 0.654. The highest BCUT2D eigenvalue weighted by atomic mass is 32.1. The van der Waals surface area contributed by atoms with E-state index in [1.807, 2.05) is 0 Å². The van der Waals surface area contributed by atoms with E-state index in [9.17, 15) is 0 Å². The third-order valence-corrected chi connectivity index (χ3v) is 13.7. The number of thiophene rings is 1. The molecule has 0 aliphatic rings. The van der Waals surface area contributed by atoms with Crippen LogP contribution in [0.1, 0.15) is 0 Å². The van der Waals surface area contributed by atoms with E-state index < -0.39 is 0 Å². The zero-order chi connectivity index (χ0) is 41.4. The van der Waals surface area contributed by atoms with E-state index in [0.717, 1.165) is 54.5 Å². The van der Waals surface area contributed by atoms with Crippen LogP contribution in [0.2, 0.25) is 0 Å². The van der Waals surface area contributed by atoms with Crippen molar-refractivity contribution in [2.45, 2.75) is 0 Å². The fraction of sp³-hybridized carbons (Fsp3) is 0. The standard InChI is InChI=1S/C58H36N4S/c1-4-14-37(15-5-1)38-24-26-41(27-25-38)55-57-50(36-54(63-57)40-17-6-2-7-18-40)59-58(60-55)62-53-33-30-43(35-49(53)47-31-28-39-16-10-11-21-45(39)56(47)62)42-29-32-52-48(34-42)46-22-12-13-23-51(46)61(52)44-19-8-3-9-20-44/h1-36H. The van der Waals surface area contributed by atoms with Gasteiger partial charge in [0.05, 0.1) is 38.0 Å². The summed E-state index contributed by atoms with van der Waals surface area (Å²) >= 11 is 1.75. The van der Waals surface area contributed by atoms with Gasteiger partial charge in [0.25, 0.3) is 0 Å². The highest BCUT2D eigenvalue weighted by Gasteiger charge is 2.22. The highest BCUT2D eigenvalue weighted by molar-refractivity contribution is 7.22. The lowest BCUT2D eigenvalue weighted by molar-refractivity contribution is 1.02. The molecular formula is C58H36N4S. The first-order valence-corrected chi connectivity index (χ1v) is 22.1. The second kappa shape index (κ2) is 14.2. The van der Waals surface area contributed by atoms with E-state index in [1.54, 1.807) is 11.3 Å². The summed E-state index contributed by atoms with van der Waals surface area (Å²) in [5.41, 5.74) is 14.5. The maximum Gasteiger partial charge on any atom is 0.235 e. The molecule has 4 heterocycles. The van der Waals surface area contributed by atoms with E-state index >= 15 is 0 Å². The minimum atomic E-state index is 0.654. The minimum Gasteiger partial charge on any atom is -0.309 e. The zero-order valence-corrected chi connectivity index (χ0v) is 34.8. The van der Waals surface area contributed by atoms with Crippen molar-refractivity contribution in [2.75, 3.05) is 0 Å². The Hall–Kier alpha value is -8.12. The van der Waals surface area contributed by atoms with Crippen LogP contribution in [-0.2, 0) is 0 Å². The summed E-state index contributed by atoms with van der Waals surface area (Å²) in [6, 6.07) is 78.5. The third kappa shape index (κ3) is 5.74. The molecule has 4 aromatic heterocycles. The molecule has 0 aliphatic heterocycles. The molecule has 0 aliphatic carbocycles. The van der Waals surface area contributed by atoms with Crippen LogP contribution in [0.15, 0.2) is 218 Å². The Bertz CT molecular complexity index is 3880. The lowest BCUT2D eigenvalue weighted by atomic mass is 10.00. The smallest absolute Gasteiger partial charge is 0.235 e. The Morgan fingerprint density at radius 2 is 0.905 bits per heavy atom. The normalized spacial score (nSPS) is 11.8. The molecule has 0 saturated carbocycles. The third-order valence-electron chi connectivity index (χ3n) is 12.6. The fourth-order valence-corrected chi connectivity index (χ4v) is 10.7. The molecule has 0 fully saturated rings. The topological polar surface area (TPSA) is 35.6 Å². The summed E-state index contributed by atoms with van der Waals surface area (Å²) < 4.78 is 5.74. The van der Waals surface area contributed by atoms with Crippen molar-refractivity contribution in [1.82, 2.24) is 19.1 Å². The number of hydrogen-bond donors (Lipinski definition) is 0. The molecule has 0 unspecified atom stereocenters. The van der Waals surface area contributed by atoms with Crippen LogP contribution >= 0.6 is 11.3 Å². The predicted molar refractivity (Wildman–Crippen MR) is 265 cm³/mol. The van der Waals surface area contributed by atoms with Gasteiger partial charge in [0.2, 0.25) is 5.95 Å². The number of para-hydroxylation sites is 2. The molecule has 0 atom stereocenters. The molecule has 13 rings (SSSR count). The maximum absolute atomic E-state index is 5.56. The molecule has 294 valence electrons. The van der Waals surface area contributed by atoms with Crippen LogP contribution in [0.25, 0.3) is 120 Å². The first-order valence-electron chi connectivity index (χ1n) is 21.3. The highest BCUT2D eigenvalue weighted by Crippen LogP contribution is 2.43. The van der Waals surface area contributed by atoms with Gasteiger partial charge in [-0.15, -0.1) is 11.3 Å². The first-order chi connectivity index (χ1) is 31.2. The van der Waals surface area contributed by atoms with Gasteiger partial charge in [0, 0.05) is 43.1 Å². The second-order valence-electron chi connectivity index (χ2n) is 16.2. The van der Waals surface area contributed by atoms with Crippen molar-refractivity contribution in [3.8, 4) is 55.6 Å². The van der Waals surface area contributed by atoms with Crippen molar-refractivity contribution in [3.63, 3.8) is 0 Å². The average Bonchev–Trinajstić information content (AvgIpc) is 4.05. The largest absolute Gasteiger partial charge is 0.309 e. The van der Waals surface area contributed by atoms with Crippen molar-refractivity contribution >= 4 is 75.9 Å². The molecule has 9 aromatic carbocycles. The van der Waals surface area contributed by atoms with E-state index in [1.165, 1.54) is 59.7 Å². The summed E-state index contributed by atoms with van der Waals surface area (Å²) in [7, 11) is 0. The predicted octanol–water partition coefficient (Wildman–Crippen LogP) is 15.7. The van der Waals surface area contributed by atoms with Gasteiger partial charge >= 0.3 is 0 Å². The van der Waals surface area contributed by atoms with Gasteiger partial charge in [0.15, 0.2) is 0 Å². The molecule has 0 spiro atoms. The van der Waals surface area contributed by atoms with Gasteiger partial charge in [-0.25, -0.2) is 9.97 Å². The summed E-state index contributed by atoms with van der Waals surface area (Å²) in [4.78, 5) is 12.2. The number of nitrogens with zero attached hydrogens (tertiary/aromatic N) is 4. The Labute approximate surface area is 367 Å². The number of hydrogen-bond acceptors (Lipinski definition) is 3. The Morgan fingerprint density at radius 3 is 1.65 bits per heavy atom. The number of rotatable bonds is 6. The van der Waals surface area contributed by atoms with Gasteiger partial charge in [0.1, 0.15) is 0 Å². The maximum atomic E-state index is 5.56. The number of fused-ring (bicyclic) bond motifs is 9. The van der Waals surface area contributed by atoms with Gasteiger partial charge in [-0.05, 0) is 81.7 Å². The quantitative estimate of drug-likeness (QED) is 0.167. The number of benzene rings is 9. The summed E-state index contributed by atoms with van der Waals surface area (Å²) in [6.45, 7) is 0. The monoisotopic (exact) mass is 820 g/mol. The lowest BCUT2D eigenvalue weighted by Gasteiger charge is -2.12. The molecular weight excluding hydrogens is 785 g/mol. The molecule has 0 amide bonds. The van der Waals surface area contributed by atoms with Gasteiger partial charge in [-0.2, -0.15) is 0 Å².